The maximum atomic E-state index is 11.1. The maximum absolute atomic E-state index is 11.1. The summed E-state index contributed by atoms with van der Waals surface area (Å²) < 4.78 is 4.72. The first-order valence-electron chi connectivity index (χ1n) is 5.26. The van der Waals surface area contributed by atoms with Crippen molar-refractivity contribution in [2.45, 2.75) is 13.5 Å². The van der Waals surface area contributed by atoms with E-state index in [0.717, 1.165) is 0 Å². The molecule has 2 N–H and O–H groups in total. The van der Waals surface area contributed by atoms with Gasteiger partial charge in [0.1, 0.15) is 6.61 Å². The highest BCUT2D eigenvalue weighted by molar-refractivity contribution is 5.88. The fourth-order valence-electron chi connectivity index (χ4n) is 1.29. The van der Waals surface area contributed by atoms with Crippen molar-refractivity contribution in [3.8, 4) is 0 Å². The minimum absolute atomic E-state index is 0.135. The minimum atomic E-state index is -1.02. The van der Waals surface area contributed by atoms with Crippen LogP contribution in [0.3, 0.4) is 0 Å². The Hall–Kier alpha value is -2.37. The van der Waals surface area contributed by atoms with E-state index in [4.69, 9.17) is 9.84 Å². The summed E-state index contributed by atoms with van der Waals surface area (Å²) in [6, 6.07) is 3.00. The highest BCUT2D eigenvalue weighted by Gasteiger charge is 2.09. The van der Waals surface area contributed by atoms with Crippen LogP contribution in [0.1, 0.15) is 21.7 Å². The Kier molecular flexibility index (Phi) is 4.86. The van der Waals surface area contributed by atoms with Gasteiger partial charge in [0.15, 0.2) is 0 Å². The molecule has 0 saturated heterocycles. The molecule has 0 aliphatic carbocycles. The number of rotatable bonds is 5. The SMILES string of the molecule is C=CCOC(=O)NCc1ccc(C(=O)O)c(C)n1. The van der Waals surface area contributed by atoms with Crippen LogP contribution in [0.15, 0.2) is 24.8 Å². The molecule has 0 aliphatic heterocycles. The zero-order chi connectivity index (χ0) is 13.5. The van der Waals surface area contributed by atoms with E-state index in [9.17, 15) is 9.59 Å². The Morgan fingerprint density at radius 1 is 1.56 bits per heavy atom. The number of nitrogens with zero attached hydrogens (tertiary/aromatic N) is 1. The van der Waals surface area contributed by atoms with Crippen molar-refractivity contribution in [1.82, 2.24) is 10.3 Å². The number of carboxylic acid groups (broad SMARTS) is 1. The van der Waals surface area contributed by atoms with Crippen LogP contribution in [-0.4, -0.2) is 28.8 Å². The summed E-state index contributed by atoms with van der Waals surface area (Å²) in [6.07, 6.45) is 0.889. The van der Waals surface area contributed by atoms with Crippen molar-refractivity contribution in [2.75, 3.05) is 6.61 Å². The number of carbonyl (C=O) groups is 2. The van der Waals surface area contributed by atoms with Gasteiger partial charge in [0.25, 0.3) is 0 Å². The summed E-state index contributed by atoms with van der Waals surface area (Å²) in [7, 11) is 0. The van der Waals surface area contributed by atoms with Crippen LogP contribution in [-0.2, 0) is 11.3 Å². The highest BCUT2D eigenvalue weighted by Crippen LogP contribution is 2.06. The average Bonchev–Trinajstić information content (AvgIpc) is 2.33. The third-order valence-electron chi connectivity index (χ3n) is 2.12. The maximum Gasteiger partial charge on any atom is 0.407 e. The van der Waals surface area contributed by atoms with Crippen LogP contribution in [0.2, 0.25) is 0 Å². The van der Waals surface area contributed by atoms with E-state index in [2.05, 4.69) is 16.9 Å². The van der Waals surface area contributed by atoms with E-state index in [1.54, 1.807) is 13.0 Å². The first-order valence-corrected chi connectivity index (χ1v) is 5.26. The number of ether oxygens (including phenoxy) is 1. The number of hydrogen-bond acceptors (Lipinski definition) is 4. The molecule has 0 unspecified atom stereocenters. The Morgan fingerprint density at radius 2 is 2.28 bits per heavy atom. The minimum Gasteiger partial charge on any atom is -0.478 e. The normalized spacial score (nSPS) is 9.61. The molecule has 6 heteroatoms. The third-order valence-corrected chi connectivity index (χ3v) is 2.12. The summed E-state index contributed by atoms with van der Waals surface area (Å²) in [5, 5.41) is 11.3. The molecular weight excluding hydrogens is 236 g/mol. The molecular formula is C12H14N2O4. The summed E-state index contributed by atoms with van der Waals surface area (Å²) in [6.45, 7) is 5.33. The van der Waals surface area contributed by atoms with Crippen LogP contribution >= 0.6 is 0 Å². The molecule has 0 atom stereocenters. The van der Waals surface area contributed by atoms with Gasteiger partial charge in [0, 0.05) is 0 Å². The molecule has 0 fully saturated rings. The Labute approximate surface area is 104 Å². The molecule has 0 radical (unpaired) electrons. The lowest BCUT2D eigenvalue weighted by Gasteiger charge is -2.06. The summed E-state index contributed by atoms with van der Waals surface area (Å²) in [5.74, 6) is -1.02. The van der Waals surface area contributed by atoms with Crippen LogP contribution in [0.5, 0.6) is 0 Å². The van der Waals surface area contributed by atoms with Crippen molar-refractivity contribution in [3.63, 3.8) is 0 Å². The lowest BCUT2D eigenvalue weighted by molar-refractivity contribution is 0.0695. The first kappa shape index (κ1) is 13.7. The summed E-state index contributed by atoms with van der Waals surface area (Å²) in [5.41, 5.74) is 1.11. The number of aromatic carboxylic acids is 1. The number of alkyl carbamates (subject to hydrolysis) is 1. The van der Waals surface area contributed by atoms with Gasteiger partial charge in [0.2, 0.25) is 0 Å². The van der Waals surface area contributed by atoms with Gasteiger partial charge in [-0.15, -0.1) is 0 Å². The molecule has 1 aromatic rings. The summed E-state index contributed by atoms with van der Waals surface area (Å²) >= 11 is 0. The number of amides is 1. The van der Waals surface area contributed by atoms with E-state index in [1.807, 2.05) is 0 Å². The van der Waals surface area contributed by atoms with Gasteiger partial charge >= 0.3 is 12.1 Å². The van der Waals surface area contributed by atoms with Gasteiger partial charge < -0.3 is 15.2 Å². The molecule has 96 valence electrons. The first-order chi connectivity index (χ1) is 8.54. The largest absolute Gasteiger partial charge is 0.478 e. The third kappa shape index (κ3) is 3.89. The second kappa shape index (κ2) is 6.39. The number of hydrogen-bond donors (Lipinski definition) is 2. The number of pyridine rings is 1. The monoisotopic (exact) mass is 250 g/mol. The van der Waals surface area contributed by atoms with Crippen LogP contribution in [0, 0.1) is 6.92 Å². The van der Waals surface area contributed by atoms with Gasteiger partial charge in [-0.3, -0.25) is 4.98 Å². The summed E-state index contributed by atoms with van der Waals surface area (Å²) in [4.78, 5) is 26.0. The number of carbonyl (C=O) groups excluding carboxylic acids is 1. The lowest BCUT2D eigenvalue weighted by Crippen LogP contribution is -2.24. The Bertz CT molecular complexity index is 471. The molecule has 0 bridgehead atoms. The number of nitrogens with one attached hydrogen (secondary N) is 1. The van der Waals surface area contributed by atoms with E-state index in [1.165, 1.54) is 12.1 Å². The number of aromatic nitrogens is 1. The molecule has 0 saturated carbocycles. The zero-order valence-corrected chi connectivity index (χ0v) is 9.97. The van der Waals surface area contributed by atoms with Crippen molar-refractivity contribution in [3.05, 3.63) is 41.7 Å². The van der Waals surface area contributed by atoms with Crippen molar-refractivity contribution in [2.24, 2.45) is 0 Å². The Balaban J connectivity index is 2.58. The molecule has 1 rings (SSSR count). The molecule has 0 aliphatic rings. The van der Waals surface area contributed by atoms with Gasteiger partial charge in [-0.1, -0.05) is 12.7 Å². The average molecular weight is 250 g/mol. The van der Waals surface area contributed by atoms with Crippen LogP contribution < -0.4 is 5.32 Å². The molecule has 1 aromatic heterocycles. The van der Waals surface area contributed by atoms with Gasteiger partial charge in [-0.2, -0.15) is 0 Å². The van der Waals surface area contributed by atoms with Crippen LogP contribution in [0.4, 0.5) is 4.79 Å². The molecule has 1 amide bonds. The fraction of sp³-hybridized carbons (Fsp3) is 0.250. The van der Waals surface area contributed by atoms with E-state index >= 15 is 0 Å². The second-order valence-electron chi connectivity index (χ2n) is 3.48. The standard InChI is InChI=1S/C12H14N2O4/c1-3-6-18-12(17)13-7-9-4-5-10(11(15)16)8(2)14-9/h3-5H,1,6-7H2,2H3,(H,13,17)(H,15,16). The topological polar surface area (TPSA) is 88.5 Å². The van der Waals surface area contributed by atoms with E-state index in [0.29, 0.717) is 11.4 Å². The second-order valence-corrected chi connectivity index (χ2v) is 3.48. The molecule has 18 heavy (non-hydrogen) atoms. The molecule has 0 aromatic carbocycles. The fourth-order valence-corrected chi connectivity index (χ4v) is 1.29. The van der Waals surface area contributed by atoms with Gasteiger partial charge in [-0.25, -0.2) is 9.59 Å². The zero-order valence-electron chi connectivity index (χ0n) is 9.97. The Morgan fingerprint density at radius 3 is 2.83 bits per heavy atom. The van der Waals surface area contributed by atoms with Crippen molar-refractivity contribution < 1.29 is 19.4 Å². The number of aryl methyl sites for hydroxylation is 1. The molecule has 6 nitrogen and oxygen atoms in total. The van der Waals surface area contributed by atoms with E-state index in [-0.39, 0.29) is 18.7 Å². The quantitative estimate of drug-likeness (QED) is 0.773. The van der Waals surface area contributed by atoms with Crippen molar-refractivity contribution >= 4 is 12.1 Å². The highest BCUT2D eigenvalue weighted by atomic mass is 16.5. The molecule has 1 heterocycles. The van der Waals surface area contributed by atoms with Crippen LogP contribution in [0.25, 0.3) is 0 Å². The molecule has 0 spiro atoms. The van der Waals surface area contributed by atoms with Gasteiger partial charge in [-0.05, 0) is 19.1 Å². The lowest BCUT2D eigenvalue weighted by atomic mass is 10.2. The predicted molar refractivity (Wildman–Crippen MR) is 64.3 cm³/mol. The van der Waals surface area contributed by atoms with E-state index < -0.39 is 12.1 Å². The predicted octanol–water partition coefficient (Wildman–Crippen LogP) is 1.50. The smallest absolute Gasteiger partial charge is 0.407 e. The van der Waals surface area contributed by atoms with Gasteiger partial charge in [0.05, 0.1) is 23.5 Å². The number of carboxylic acids is 1. The van der Waals surface area contributed by atoms with Crippen molar-refractivity contribution in [1.29, 1.82) is 0 Å².